The molecule has 0 spiro atoms. The van der Waals surface area contributed by atoms with Crippen molar-refractivity contribution >= 4 is 21.3 Å². The zero-order valence-corrected chi connectivity index (χ0v) is 15.7. The van der Waals surface area contributed by atoms with Crippen LogP contribution in [0.15, 0.2) is 94.7 Å². The third-order valence-electron chi connectivity index (χ3n) is 4.40. The number of amides is 1. The van der Waals surface area contributed by atoms with Gasteiger partial charge in [0.1, 0.15) is 0 Å². The maximum Gasteiger partial charge on any atom is 0.248 e. The monoisotopic (exact) mass is 378 g/mol. The SMILES string of the molecule is N=C(CCc1ccccc1)S(O)(c1ccccc1)c1ccc(C(N)=O)cc1. The molecule has 0 aliphatic heterocycles. The lowest BCUT2D eigenvalue weighted by Gasteiger charge is -2.35. The molecule has 0 heterocycles. The van der Waals surface area contributed by atoms with Gasteiger partial charge >= 0.3 is 0 Å². The van der Waals surface area contributed by atoms with E-state index in [0.29, 0.717) is 28.2 Å². The lowest BCUT2D eigenvalue weighted by molar-refractivity contribution is 0.1000. The first kappa shape index (κ1) is 18.9. The molecule has 1 atom stereocenters. The van der Waals surface area contributed by atoms with Crippen molar-refractivity contribution in [2.45, 2.75) is 22.6 Å². The summed E-state index contributed by atoms with van der Waals surface area (Å²) in [7, 11) is -2.66. The van der Waals surface area contributed by atoms with E-state index in [-0.39, 0.29) is 5.04 Å². The smallest absolute Gasteiger partial charge is 0.248 e. The fourth-order valence-corrected chi connectivity index (χ4v) is 5.22. The van der Waals surface area contributed by atoms with Gasteiger partial charge in [0, 0.05) is 21.8 Å². The quantitative estimate of drug-likeness (QED) is 0.412. The molecule has 1 amide bonds. The highest BCUT2D eigenvalue weighted by Crippen LogP contribution is 2.60. The van der Waals surface area contributed by atoms with Gasteiger partial charge in [0.15, 0.2) is 0 Å². The maximum atomic E-state index is 11.7. The average molecular weight is 378 g/mol. The number of hydrogen-bond acceptors (Lipinski definition) is 3. The number of carbonyl (C=O) groups is 1. The van der Waals surface area contributed by atoms with Crippen LogP contribution in [0.3, 0.4) is 0 Å². The van der Waals surface area contributed by atoms with E-state index in [9.17, 15) is 9.35 Å². The van der Waals surface area contributed by atoms with E-state index < -0.39 is 16.2 Å². The molecule has 4 nitrogen and oxygen atoms in total. The van der Waals surface area contributed by atoms with E-state index in [0.717, 1.165) is 5.56 Å². The Morgan fingerprint density at radius 2 is 1.37 bits per heavy atom. The number of carbonyl (C=O) groups excluding carboxylic acids is 1. The van der Waals surface area contributed by atoms with Gasteiger partial charge in [-0.3, -0.25) is 10.2 Å². The van der Waals surface area contributed by atoms with Crippen molar-refractivity contribution in [1.82, 2.24) is 0 Å². The van der Waals surface area contributed by atoms with Crippen LogP contribution in [0.5, 0.6) is 0 Å². The molecule has 3 aromatic carbocycles. The molecule has 0 fully saturated rings. The standard InChI is InChI=1S/C22H22N2O2S/c23-21(16-11-17-7-3-1-4-8-17)27(26,19-9-5-2-6-10-19)20-14-12-18(13-15-20)22(24)25/h1-10,12-15,23,26H,11,16H2,(H2,24,25). The highest BCUT2D eigenvalue weighted by atomic mass is 32.3. The predicted molar refractivity (Wildman–Crippen MR) is 111 cm³/mol. The van der Waals surface area contributed by atoms with Crippen molar-refractivity contribution < 1.29 is 9.35 Å². The molecule has 0 aliphatic carbocycles. The molecule has 3 aromatic rings. The number of hydrogen-bond donors (Lipinski definition) is 3. The van der Waals surface area contributed by atoms with Gasteiger partial charge in [-0.15, -0.1) is 0 Å². The Bertz CT molecular complexity index is 928. The van der Waals surface area contributed by atoms with E-state index in [2.05, 4.69) is 0 Å². The van der Waals surface area contributed by atoms with Crippen LogP contribution in [0.2, 0.25) is 0 Å². The molecule has 27 heavy (non-hydrogen) atoms. The molecule has 1 unspecified atom stereocenters. The third-order valence-corrected chi connectivity index (χ3v) is 7.23. The first-order chi connectivity index (χ1) is 13.0. The van der Waals surface area contributed by atoms with Gasteiger partial charge in [-0.2, -0.15) is 0 Å². The molecule has 0 saturated carbocycles. The number of benzene rings is 3. The molecule has 4 N–H and O–H groups in total. The fourth-order valence-electron chi connectivity index (χ4n) is 2.90. The van der Waals surface area contributed by atoms with Crippen LogP contribution in [-0.2, 0) is 6.42 Å². The second-order valence-electron chi connectivity index (χ2n) is 6.19. The van der Waals surface area contributed by atoms with Crippen molar-refractivity contribution in [2.75, 3.05) is 0 Å². The van der Waals surface area contributed by atoms with Crippen LogP contribution in [0.4, 0.5) is 0 Å². The molecule has 5 heteroatoms. The molecular formula is C22H22N2O2S. The van der Waals surface area contributed by atoms with Gasteiger partial charge in [-0.1, -0.05) is 48.5 Å². The molecule has 0 saturated heterocycles. The summed E-state index contributed by atoms with van der Waals surface area (Å²) in [5.41, 5.74) is 6.82. The second-order valence-corrected chi connectivity index (χ2v) is 8.79. The minimum Gasteiger partial charge on any atom is -0.366 e. The normalized spacial score (nSPS) is 14.1. The van der Waals surface area contributed by atoms with E-state index in [4.69, 9.17) is 11.1 Å². The number of rotatable bonds is 6. The van der Waals surface area contributed by atoms with Gasteiger partial charge in [0.25, 0.3) is 0 Å². The number of primary amides is 1. The first-order valence-corrected chi connectivity index (χ1v) is 10.2. The molecule has 0 bridgehead atoms. The number of nitrogens with one attached hydrogen (secondary N) is 1. The Morgan fingerprint density at radius 1 is 0.852 bits per heavy atom. The van der Waals surface area contributed by atoms with Crippen LogP contribution >= 0.6 is 10.3 Å². The summed E-state index contributed by atoms with van der Waals surface area (Å²) >= 11 is 0. The molecule has 0 aromatic heterocycles. The van der Waals surface area contributed by atoms with E-state index >= 15 is 0 Å². The highest BCUT2D eigenvalue weighted by Gasteiger charge is 2.31. The van der Waals surface area contributed by atoms with Crippen LogP contribution in [0.1, 0.15) is 22.3 Å². The van der Waals surface area contributed by atoms with Crippen molar-refractivity contribution in [3.05, 3.63) is 96.1 Å². The van der Waals surface area contributed by atoms with Gasteiger partial charge < -0.3 is 10.3 Å². The summed E-state index contributed by atoms with van der Waals surface area (Å²) in [5.74, 6) is -0.515. The summed E-state index contributed by atoms with van der Waals surface area (Å²) in [4.78, 5) is 12.7. The molecule has 3 rings (SSSR count). The van der Waals surface area contributed by atoms with Crippen molar-refractivity contribution in [3.8, 4) is 0 Å². The lowest BCUT2D eigenvalue weighted by Crippen LogP contribution is -2.15. The highest BCUT2D eigenvalue weighted by molar-refractivity contribution is 8.41. The van der Waals surface area contributed by atoms with Crippen molar-refractivity contribution in [3.63, 3.8) is 0 Å². The van der Waals surface area contributed by atoms with E-state index in [1.165, 1.54) is 0 Å². The molecule has 138 valence electrons. The Balaban J connectivity index is 1.95. The average Bonchev–Trinajstić information content (AvgIpc) is 2.73. The minimum absolute atomic E-state index is 0.282. The third kappa shape index (κ3) is 4.10. The summed E-state index contributed by atoms with van der Waals surface area (Å²) < 4.78 is 11.7. The zero-order chi connectivity index (χ0) is 19.3. The summed E-state index contributed by atoms with van der Waals surface area (Å²) in [6.45, 7) is 0. The van der Waals surface area contributed by atoms with Crippen molar-refractivity contribution in [2.24, 2.45) is 5.73 Å². The van der Waals surface area contributed by atoms with Gasteiger partial charge in [0.05, 0.1) is 5.04 Å². The Kier molecular flexibility index (Phi) is 5.74. The molecular weight excluding hydrogens is 356 g/mol. The van der Waals surface area contributed by atoms with Gasteiger partial charge in [-0.05, 0) is 58.7 Å². The predicted octanol–water partition coefficient (Wildman–Crippen LogP) is 5.09. The largest absolute Gasteiger partial charge is 0.366 e. The van der Waals surface area contributed by atoms with Gasteiger partial charge in [-0.25, -0.2) is 0 Å². The summed E-state index contributed by atoms with van der Waals surface area (Å²) in [5, 5.41) is 8.98. The molecule has 0 aliphatic rings. The van der Waals surface area contributed by atoms with E-state index in [1.807, 2.05) is 60.7 Å². The van der Waals surface area contributed by atoms with Crippen LogP contribution in [-0.4, -0.2) is 15.5 Å². The second kappa shape index (κ2) is 8.20. The maximum absolute atomic E-state index is 11.7. The van der Waals surface area contributed by atoms with Crippen molar-refractivity contribution in [1.29, 1.82) is 5.41 Å². The minimum atomic E-state index is -2.66. The van der Waals surface area contributed by atoms with Crippen LogP contribution in [0.25, 0.3) is 0 Å². The Labute approximate surface area is 160 Å². The summed E-state index contributed by atoms with van der Waals surface area (Å²) in [6.07, 6.45) is 1.13. The Hall–Kier alpha value is -2.89. The van der Waals surface area contributed by atoms with Crippen LogP contribution in [0, 0.1) is 5.41 Å². The van der Waals surface area contributed by atoms with E-state index in [1.54, 1.807) is 24.3 Å². The van der Waals surface area contributed by atoms with Gasteiger partial charge in [0.2, 0.25) is 5.91 Å². The number of aryl methyl sites for hydroxylation is 1. The Morgan fingerprint density at radius 3 is 1.93 bits per heavy atom. The lowest BCUT2D eigenvalue weighted by atomic mass is 10.1. The number of nitrogens with two attached hydrogens (primary N) is 1. The topological polar surface area (TPSA) is 87.2 Å². The zero-order valence-electron chi connectivity index (χ0n) is 14.8. The molecule has 0 radical (unpaired) electrons. The fraction of sp³-hybridized carbons (Fsp3) is 0.0909. The first-order valence-electron chi connectivity index (χ1n) is 8.64. The van der Waals surface area contributed by atoms with Crippen LogP contribution < -0.4 is 5.73 Å². The summed E-state index contributed by atoms with van der Waals surface area (Å²) in [6, 6.07) is 25.8.